The molecule has 0 heterocycles. The van der Waals surface area contributed by atoms with Gasteiger partial charge in [-0.1, -0.05) is 19.6 Å². The van der Waals surface area contributed by atoms with Gasteiger partial charge < -0.3 is 4.48 Å². The van der Waals surface area contributed by atoms with Crippen molar-refractivity contribution >= 4 is 0 Å². The van der Waals surface area contributed by atoms with Crippen molar-refractivity contribution in [2.24, 2.45) is 0 Å². The Bertz CT molecular complexity index is 57.2. The van der Waals surface area contributed by atoms with E-state index in [1.165, 1.54) is 0 Å². The normalized spacial score (nSPS) is 9.00. The van der Waals surface area contributed by atoms with Crippen LogP contribution in [0.1, 0.15) is 6.92 Å². The Labute approximate surface area is 153 Å². The molecule has 0 aromatic rings. The molecule has 0 aliphatic carbocycles. The zero-order chi connectivity index (χ0) is 7.33. The van der Waals surface area contributed by atoms with Crippen molar-refractivity contribution in [1.29, 1.82) is 0 Å². The second-order valence-corrected chi connectivity index (χ2v) is 2.15. The van der Waals surface area contributed by atoms with Crippen LogP contribution in [-0.2, 0) is 98.1 Å². The summed E-state index contributed by atoms with van der Waals surface area (Å²) in [6.45, 7) is 18.2. The summed E-state index contributed by atoms with van der Waals surface area (Å²) in [5.74, 6) is 0. The molecule has 12 heavy (non-hydrogen) atoms. The second-order valence-electron chi connectivity index (χ2n) is 2.15. The van der Waals surface area contributed by atoms with Crippen LogP contribution in [0.2, 0.25) is 0 Å². The summed E-state index contributed by atoms with van der Waals surface area (Å²) >= 11 is 0. The van der Waals surface area contributed by atoms with E-state index in [9.17, 15) is 0 Å². The molecule has 0 amide bonds. The Morgan fingerprint density at radius 2 is 1.17 bits per heavy atom. The maximum absolute atomic E-state index is 3.83. The van der Waals surface area contributed by atoms with Gasteiger partial charge in [-0.3, -0.25) is 20.8 Å². The van der Waals surface area contributed by atoms with Gasteiger partial charge in [-0.2, -0.15) is 0 Å². The van der Waals surface area contributed by atoms with Crippen LogP contribution in [0.3, 0.4) is 0 Å². The summed E-state index contributed by atoms with van der Waals surface area (Å²) in [4.78, 5) is 0. The van der Waals surface area contributed by atoms with E-state index >= 15 is 0 Å². The molecule has 0 aromatic carbocycles. The van der Waals surface area contributed by atoms with E-state index in [1.54, 1.807) is 0 Å². The molecule has 0 fully saturated rings. The third kappa shape index (κ3) is 8.57. The topological polar surface area (TPSA) is 0 Å². The molecule has 65 valence electrons. The number of nitrogens with zero attached hydrogens (tertiary/aromatic N) is 1. The first-order chi connectivity index (χ1) is 4.24. The molecule has 0 aliphatic rings. The van der Waals surface area contributed by atoms with Crippen LogP contribution >= 0.6 is 0 Å². The molecule has 0 spiro atoms. The van der Waals surface area contributed by atoms with Gasteiger partial charge in [0.2, 0.25) is 0 Å². The van der Waals surface area contributed by atoms with Gasteiger partial charge in [-0.05, 0) is 0 Å². The van der Waals surface area contributed by atoms with Crippen molar-refractivity contribution < 1.29 is 103 Å². The van der Waals surface area contributed by atoms with Crippen LogP contribution < -0.4 is 0 Å². The first kappa shape index (κ1) is 24.5. The summed E-state index contributed by atoms with van der Waals surface area (Å²) in [6.07, 6.45) is 0. The minimum absolute atomic E-state index is 0. The van der Waals surface area contributed by atoms with E-state index in [2.05, 4.69) is 27.3 Å². The third-order valence-electron chi connectivity index (χ3n) is 1.88. The molecule has 0 saturated carbocycles. The second kappa shape index (κ2) is 14.3. The number of rotatable bonds is 4. The average Bonchev–Trinajstić information content (AvgIpc) is 1.95. The Morgan fingerprint density at radius 3 is 1.17 bits per heavy atom. The van der Waals surface area contributed by atoms with E-state index < -0.39 is 0 Å². The van der Waals surface area contributed by atoms with Gasteiger partial charge in [0.05, 0.1) is 0 Å². The number of hydrogen-bond donors (Lipinski definition) is 0. The fourth-order valence-electron chi connectivity index (χ4n) is 0.723. The monoisotopic (exact) mass is 393 g/mol. The van der Waals surface area contributed by atoms with Gasteiger partial charge in [-0.15, -0.1) is 13.5 Å². The molecule has 0 atom stereocenters. The summed E-state index contributed by atoms with van der Waals surface area (Å²) in [7, 11) is 0. The first-order valence-electron chi connectivity index (χ1n) is 3.28. The van der Waals surface area contributed by atoms with Crippen molar-refractivity contribution in [3.05, 3.63) is 27.3 Å². The van der Waals surface area contributed by atoms with Crippen LogP contribution in [0.5, 0.6) is 0 Å². The fraction of sp³-hybridized carbons (Fsp3) is 0.500. The van der Waals surface area contributed by atoms with E-state index in [-0.39, 0.29) is 98.1 Å². The Balaban J connectivity index is -0.000000107. The van der Waals surface area contributed by atoms with Crippen molar-refractivity contribution in [3.8, 4) is 0 Å². The van der Waals surface area contributed by atoms with Crippen LogP contribution in [0, 0.1) is 27.3 Å². The first-order valence-corrected chi connectivity index (χ1v) is 3.28. The summed E-state index contributed by atoms with van der Waals surface area (Å²) in [6, 6.07) is 0. The molecule has 0 aliphatic heterocycles. The summed E-state index contributed by atoms with van der Waals surface area (Å²) in [5, 5.41) is 0. The van der Waals surface area contributed by atoms with Gasteiger partial charge in [0, 0.05) is 98.1 Å². The largest absolute Gasteiger partial charge is 0.531 e. The van der Waals surface area contributed by atoms with Crippen molar-refractivity contribution in [3.63, 3.8) is 0 Å². The Morgan fingerprint density at radius 1 is 0.917 bits per heavy atom. The average molecular weight is 393 g/mol. The van der Waals surface area contributed by atoms with Gasteiger partial charge in [0.15, 0.2) is 0 Å². The minimum atomic E-state index is 0. The molecule has 0 aromatic heterocycles. The minimum Gasteiger partial charge on any atom is -0.531 e. The Kier molecular flexibility index (Phi) is 29.1. The number of hydrogen-bond acceptors (Lipinski definition) is 0. The molecule has 4 heteroatoms. The predicted molar refractivity (Wildman–Crippen MR) is 40.9 cm³/mol. The van der Waals surface area contributed by atoms with Crippen molar-refractivity contribution in [1.82, 2.24) is 0 Å². The summed E-state index contributed by atoms with van der Waals surface area (Å²) in [5.41, 5.74) is 0. The zero-order valence-electron chi connectivity index (χ0n) is 8.00. The quantitative estimate of drug-likeness (QED) is 0.502. The fourth-order valence-corrected chi connectivity index (χ4v) is 0.723. The maximum Gasteiger partial charge on any atom is 0 e. The molecule has 0 N–H and O–H groups in total. The van der Waals surface area contributed by atoms with Crippen LogP contribution in [0.25, 0.3) is 0 Å². The van der Waals surface area contributed by atoms with Gasteiger partial charge >= 0.3 is 0 Å². The van der Waals surface area contributed by atoms with E-state index in [0.29, 0.717) is 0 Å². The Hall–Kier alpha value is 3.27. The van der Waals surface area contributed by atoms with Crippen LogP contribution in [0.15, 0.2) is 0 Å². The molecule has 1 nitrogen and oxygen atoms in total. The molecular formula is C8H16NY3-3. The molecule has 0 bridgehead atoms. The standard InChI is InChI=1S/C8H16N.3Y/c1-5-9(6-2,7-3)8-4;;;/h8H,1-3,5-7H2,4H3;;;/q-3;;;. The third-order valence-corrected chi connectivity index (χ3v) is 1.88. The SMILES string of the molecule is [CH2-]C[N+]([CH-]C)(C[CH2-])C[CH2-].[Y].[Y].[Y]. The van der Waals surface area contributed by atoms with E-state index in [4.69, 9.17) is 0 Å². The zero-order valence-corrected chi connectivity index (χ0v) is 16.5. The van der Waals surface area contributed by atoms with Crippen LogP contribution in [0.4, 0.5) is 0 Å². The molecule has 0 saturated heterocycles. The summed E-state index contributed by atoms with van der Waals surface area (Å²) < 4.78 is 0.819. The van der Waals surface area contributed by atoms with E-state index in [1.807, 2.05) is 6.92 Å². The smallest absolute Gasteiger partial charge is 0 e. The van der Waals surface area contributed by atoms with E-state index in [0.717, 1.165) is 24.1 Å². The molecule has 3 radical (unpaired) electrons. The van der Waals surface area contributed by atoms with Crippen molar-refractivity contribution in [2.75, 3.05) is 19.6 Å². The van der Waals surface area contributed by atoms with Gasteiger partial charge in [0.1, 0.15) is 0 Å². The van der Waals surface area contributed by atoms with Gasteiger partial charge in [0.25, 0.3) is 0 Å². The van der Waals surface area contributed by atoms with Gasteiger partial charge in [-0.25, -0.2) is 0 Å². The molecule has 0 unspecified atom stereocenters. The number of quaternary nitrogens is 1. The van der Waals surface area contributed by atoms with Crippen LogP contribution in [-0.4, -0.2) is 24.1 Å². The van der Waals surface area contributed by atoms with Crippen molar-refractivity contribution in [2.45, 2.75) is 6.92 Å². The maximum atomic E-state index is 3.83. The molecular weight excluding hydrogens is 377 g/mol. The predicted octanol–water partition coefficient (Wildman–Crippen LogP) is 1.48. The molecule has 0 rings (SSSR count).